The Morgan fingerprint density at radius 2 is 2.38 bits per heavy atom. The standard InChI is InChI=1S/C14H20N2/c1-2-4-12-10-16-8-7-15-9-11-5-3-6-13(12)14(11)16/h5,10,15H,2-4,6-9H2,1H3. The van der Waals surface area contributed by atoms with Gasteiger partial charge in [-0.25, -0.2) is 0 Å². The van der Waals surface area contributed by atoms with Crippen LogP contribution in [0.2, 0.25) is 0 Å². The van der Waals surface area contributed by atoms with Crippen LogP contribution in [0.4, 0.5) is 0 Å². The summed E-state index contributed by atoms with van der Waals surface area (Å²) < 4.78 is 2.48. The van der Waals surface area contributed by atoms with Gasteiger partial charge in [0.15, 0.2) is 0 Å². The molecule has 2 heterocycles. The number of hydrogen-bond acceptors (Lipinski definition) is 1. The van der Waals surface area contributed by atoms with Gasteiger partial charge in [0, 0.05) is 31.5 Å². The van der Waals surface area contributed by atoms with E-state index < -0.39 is 0 Å². The zero-order chi connectivity index (χ0) is 11.0. The molecule has 1 aromatic heterocycles. The largest absolute Gasteiger partial charge is 0.346 e. The Hall–Kier alpha value is -1.02. The van der Waals surface area contributed by atoms with Crippen LogP contribution in [0.3, 0.4) is 0 Å². The van der Waals surface area contributed by atoms with Gasteiger partial charge >= 0.3 is 0 Å². The predicted molar refractivity (Wildman–Crippen MR) is 67.6 cm³/mol. The van der Waals surface area contributed by atoms with Crippen LogP contribution in [-0.4, -0.2) is 17.7 Å². The number of aromatic nitrogens is 1. The second kappa shape index (κ2) is 4.10. The second-order valence-corrected chi connectivity index (χ2v) is 4.87. The Kier molecular flexibility index (Phi) is 2.60. The van der Waals surface area contributed by atoms with Gasteiger partial charge in [0.25, 0.3) is 0 Å². The van der Waals surface area contributed by atoms with E-state index in [0.717, 1.165) is 19.6 Å². The average Bonchev–Trinajstić information content (AvgIpc) is 2.52. The molecule has 0 fully saturated rings. The summed E-state index contributed by atoms with van der Waals surface area (Å²) in [5, 5.41) is 3.50. The summed E-state index contributed by atoms with van der Waals surface area (Å²) in [6.07, 6.45) is 9.81. The van der Waals surface area contributed by atoms with E-state index in [2.05, 4.69) is 29.1 Å². The Morgan fingerprint density at radius 3 is 3.25 bits per heavy atom. The molecule has 0 aromatic carbocycles. The Bertz CT molecular complexity index is 426. The number of allylic oxidation sites excluding steroid dienone is 1. The van der Waals surface area contributed by atoms with E-state index in [0.29, 0.717) is 0 Å². The van der Waals surface area contributed by atoms with Crippen molar-refractivity contribution in [1.29, 1.82) is 0 Å². The van der Waals surface area contributed by atoms with E-state index in [1.807, 2.05) is 0 Å². The van der Waals surface area contributed by atoms with Gasteiger partial charge in [-0.15, -0.1) is 0 Å². The molecule has 1 aliphatic carbocycles. The van der Waals surface area contributed by atoms with Crippen molar-refractivity contribution in [3.63, 3.8) is 0 Å². The zero-order valence-corrected chi connectivity index (χ0v) is 10.1. The van der Waals surface area contributed by atoms with Crippen molar-refractivity contribution in [2.45, 2.75) is 39.2 Å². The van der Waals surface area contributed by atoms with Gasteiger partial charge in [0.05, 0.1) is 0 Å². The Balaban J connectivity index is 2.10. The fourth-order valence-corrected chi connectivity index (χ4v) is 3.04. The summed E-state index contributed by atoms with van der Waals surface area (Å²) in [5.74, 6) is 0. The first-order valence-electron chi connectivity index (χ1n) is 6.51. The number of nitrogens with zero attached hydrogens (tertiary/aromatic N) is 1. The summed E-state index contributed by atoms with van der Waals surface area (Å²) in [5.41, 5.74) is 6.31. The molecule has 0 atom stereocenters. The lowest BCUT2D eigenvalue weighted by Crippen LogP contribution is -2.17. The van der Waals surface area contributed by atoms with Crippen molar-refractivity contribution >= 4 is 5.57 Å². The summed E-state index contributed by atoms with van der Waals surface area (Å²) in [6, 6.07) is 0. The van der Waals surface area contributed by atoms with Crippen LogP contribution in [0.25, 0.3) is 5.57 Å². The molecule has 0 radical (unpaired) electrons. The highest BCUT2D eigenvalue weighted by Gasteiger charge is 2.22. The predicted octanol–water partition coefficient (Wildman–Crippen LogP) is 2.37. The van der Waals surface area contributed by atoms with Gasteiger partial charge in [-0.3, -0.25) is 0 Å². The van der Waals surface area contributed by atoms with E-state index in [1.54, 1.807) is 16.8 Å². The van der Waals surface area contributed by atoms with Gasteiger partial charge in [-0.05, 0) is 36.0 Å². The minimum Gasteiger partial charge on any atom is -0.346 e. The molecule has 0 amide bonds. The van der Waals surface area contributed by atoms with Crippen molar-refractivity contribution in [2.75, 3.05) is 13.1 Å². The van der Waals surface area contributed by atoms with Crippen molar-refractivity contribution in [1.82, 2.24) is 9.88 Å². The maximum Gasteiger partial charge on any atom is 0.0485 e. The van der Waals surface area contributed by atoms with Gasteiger partial charge < -0.3 is 9.88 Å². The summed E-state index contributed by atoms with van der Waals surface area (Å²) >= 11 is 0. The zero-order valence-electron chi connectivity index (χ0n) is 10.1. The molecule has 1 aromatic rings. The quantitative estimate of drug-likeness (QED) is 0.803. The van der Waals surface area contributed by atoms with Crippen LogP contribution >= 0.6 is 0 Å². The van der Waals surface area contributed by atoms with E-state index >= 15 is 0 Å². The third kappa shape index (κ3) is 1.52. The molecule has 1 aliphatic heterocycles. The molecule has 86 valence electrons. The molecule has 3 rings (SSSR count). The highest BCUT2D eigenvalue weighted by Crippen LogP contribution is 2.32. The van der Waals surface area contributed by atoms with Gasteiger partial charge in [-0.1, -0.05) is 19.4 Å². The highest BCUT2D eigenvalue weighted by atomic mass is 15.0. The fourth-order valence-electron chi connectivity index (χ4n) is 3.04. The van der Waals surface area contributed by atoms with E-state index in [-0.39, 0.29) is 0 Å². The molecule has 2 nitrogen and oxygen atoms in total. The first-order chi connectivity index (χ1) is 7.90. The molecular formula is C14H20N2. The Morgan fingerprint density at radius 1 is 1.44 bits per heavy atom. The number of rotatable bonds is 2. The SMILES string of the molecule is CCCc1cn2c3c1CCC=C3CNCC2. The molecule has 1 N–H and O–H groups in total. The van der Waals surface area contributed by atoms with Crippen LogP contribution in [0.1, 0.15) is 36.6 Å². The smallest absolute Gasteiger partial charge is 0.0485 e. The molecular weight excluding hydrogens is 196 g/mol. The van der Waals surface area contributed by atoms with Gasteiger partial charge in [0.1, 0.15) is 0 Å². The van der Waals surface area contributed by atoms with Crippen molar-refractivity contribution < 1.29 is 0 Å². The van der Waals surface area contributed by atoms with Gasteiger partial charge in [-0.2, -0.15) is 0 Å². The lowest BCUT2D eigenvalue weighted by molar-refractivity contribution is 0.648. The van der Waals surface area contributed by atoms with Crippen molar-refractivity contribution in [2.24, 2.45) is 0 Å². The lowest BCUT2D eigenvalue weighted by Gasteiger charge is -2.15. The summed E-state index contributed by atoms with van der Waals surface area (Å²) in [7, 11) is 0. The highest BCUT2D eigenvalue weighted by molar-refractivity contribution is 5.71. The lowest BCUT2D eigenvalue weighted by atomic mass is 9.93. The van der Waals surface area contributed by atoms with Crippen LogP contribution < -0.4 is 5.32 Å². The summed E-state index contributed by atoms with van der Waals surface area (Å²) in [6.45, 7) is 5.56. The molecule has 0 saturated heterocycles. The minimum atomic E-state index is 1.06. The third-order valence-electron chi connectivity index (χ3n) is 3.73. The van der Waals surface area contributed by atoms with E-state index in [9.17, 15) is 0 Å². The normalized spacial score (nSPS) is 18.9. The first-order valence-corrected chi connectivity index (χ1v) is 6.51. The van der Waals surface area contributed by atoms with Crippen LogP contribution in [0.15, 0.2) is 12.3 Å². The molecule has 16 heavy (non-hydrogen) atoms. The first kappa shape index (κ1) is 10.2. The minimum absolute atomic E-state index is 1.06. The molecule has 0 spiro atoms. The average molecular weight is 216 g/mol. The molecule has 2 heteroatoms. The van der Waals surface area contributed by atoms with Crippen molar-refractivity contribution in [3.05, 3.63) is 29.1 Å². The topological polar surface area (TPSA) is 17.0 Å². The van der Waals surface area contributed by atoms with E-state index in [1.165, 1.54) is 31.3 Å². The number of aryl methyl sites for hydroxylation is 1. The second-order valence-electron chi connectivity index (χ2n) is 4.87. The van der Waals surface area contributed by atoms with Crippen LogP contribution in [0, 0.1) is 0 Å². The molecule has 0 saturated carbocycles. The van der Waals surface area contributed by atoms with Gasteiger partial charge in [0.2, 0.25) is 0 Å². The fraction of sp³-hybridized carbons (Fsp3) is 0.571. The number of nitrogens with one attached hydrogen (secondary N) is 1. The third-order valence-corrected chi connectivity index (χ3v) is 3.73. The van der Waals surface area contributed by atoms with E-state index in [4.69, 9.17) is 0 Å². The monoisotopic (exact) mass is 216 g/mol. The molecule has 0 unspecified atom stereocenters. The van der Waals surface area contributed by atoms with Crippen LogP contribution in [0.5, 0.6) is 0 Å². The molecule has 2 aliphatic rings. The maximum atomic E-state index is 3.50. The number of hydrogen-bond donors (Lipinski definition) is 1. The van der Waals surface area contributed by atoms with Crippen molar-refractivity contribution in [3.8, 4) is 0 Å². The van der Waals surface area contributed by atoms with Crippen LogP contribution in [-0.2, 0) is 19.4 Å². The Labute approximate surface area is 97.3 Å². The maximum absolute atomic E-state index is 3.50. The molecule has 0 bridgehead atoms. The summed E-state index contributed by atoms with van der Waals surface area (Å²) in [4.78, 5) is 0.